The lowest BCUT2D eigenvalue weighted by Crippen LogP contribution is -2.68. The molecule has 2 atom stereocenters. The summed E-state index contributed by atoms with van der Waals surface area (Å²) in [5.74, 6) is 1.52. The monoisotopic (exact) mass is 1280 g/mol. The highest BCUT2D eigenvalue weighted by Gasteiger charge is 2.54. The van der Waals surface area contributed by atoms with E-state index in [0.717, 1.165) is 86.1 Å². The third kappa shape index (κ3) is 11.5. The second kappa shape index (κ2) is 26.1. The summed E-state index contributed by atoms with van der Waals surface area (Å²) in [5, 5.41) is 38.3. The fourth-order valence-corrected chi connectivity index (χ4v) is 23.4. The Morgan fingerprint density at radius 3 is 0.865 bits per heavy atom. The Labute approximate surface area is 565 Å². The van der Waals surface area contributed by atoms with Gasteiger partial charge in [-0.3, -0.25) is 9.98 Å². The number of phenols is 2. The Kier molecular flexibility index (Phi) is 17.0. The lowest BCUT2D eigenvalue weighted by Gasteiger charge is -2.43. The molecule has 0 bridgehead atoms. The average molecular weight is 1280 g/mol. The highest BCUT2D eigenvalue weighted by Crippen LogP contribution is 2.52. The van der Waals surface area contributed by atoms with Crippen LogP contribution in [0.4, 0.5) is 0 Å². The van der Waals surface area contributed by atoms with Crippen LogP contribution in [0.25, 0.3) is 65.3 Å². The molecule has 14 aromatic carbocycles. The Morgan fingerprint density at radius 2 is 0.562 bits per heavy atom. The van der Waals surface area contributed by atoms with Crippen molar-refractivity contribution >= 4 is 92.9 Å². The Balaban J connectivity index is 0.940. The summed E-state index contributed by atoms with van der Waals surface area (Å²) >= 11 is 0. The van der Waals surface area contributed by atoms with Crippen LogP contribution in [0.5, 0.6) is 23.0 Å². The van der Waals surface area contributed by atoms with Gasteiger partial charge in [0.1, 0.15) is 35.1 Å². The Hall–Kier alpha value is -10.9. The summed E-state index contributed by atoms with van der Waals surface area (Å²) in [6.07, 6.45) is 3.64. The Morgan fingerprint density at radius 1 is 0.302 bits per heavy atom. The van der Waals surface area contributed by atoms with Crippen molar-refractivity contribution in [1.29, 1.82) is 0 Å². The van der Waals surface area contributed by atoms with E-state index in [2.05, 4.69) is 284 Å². The largest absolute Gasteiger partial charge is 0.534 e. The number of fused-ring (bicyclic) bond motifs is 4. The molecular weight excluding hydrogens is 1210 g/mol. The summed E-state index contributed by atoms with van der Waals surface area (Å²) in [7, 11) is -6.43. The quantitative estimate of drug-likeness (QED) is 0.0703. The highest BCUT2D eigenvalue weighted by atomic mass is 28.4. The molecule has 2 unspecified atom stereocenters. The molecule has 0 aliphatic carbocycles. The van der Waals surface area contributed by atoms with E-state index in [0.29, 0.717) is 33.8 Å². The maximum atomic E-state index is 13.4. The average Bonchev–Trinajstić information content (AvgIpc) is 0.735. The van der Waals surface area contributed by atoms with Crippen LogP contribution < -0.4 is 29.6 Å². The zero-order valence-corrected chi connectivity index (χ0v) is 56.9. The molecule has 0 aliphatic heterocycles. The van der Waals surface area contributed by atoms with Gasteiger partial charge in [0.2, 0.25) is 0 Å². The summed E-state index contributed by atoms with van der Waals surface area (Å²) in [4.78, 5) is 11.2. The number of hydrogen-bond acceptors (Lipinski definition) is 6. The normalized spacial score (nSPS) is 13.0. The summed E-state index contributed by atoms with van der Waals surface area (Å²) in [6.45, 7) is 13.7. The molecule has 0 fully saturated rings. The van der Waals surface area contributed by atoms with Gasteiger partial charge in [0, 0.05) is 45.8 Å². The van der Waals surface area contributed by atoms with Crippen LogP contribution >= 0.6 is 0 Å². The van der Waals surface area contributed by atoms with Crippen molar-refractivity contribution in [2.24, 2.45) is 9.98 Å². The maximum absolute atomic E-state index is 13.4. The van der Waals surface area contributed by atoms with E-state index in [1.54, 1.807) is 0 Å². The van der Waals surface area contributed by atoms with E-state index in [9.17, 15) is 10.2 Å². The fraction of sp³-hybridized carbons (Fsp3) is 0.114. The zero-order chi connectivity index (χ0) is 66.0. The van der Waals surface area contributed by atoms with Gasteiger partial charge in [-0.2, -0.15) is 0 Å². The molecule has 0 spiro atoms. The number of benzene rings is 14. The van der Waals surface area contributed by atoms with Crippen LogP contribution in [0, 0.1) is 0 Å². The maximum Gasteiger partial charge on any atom is 0.319 e. The third-order valence-electron chi connectivity index (χ3n) is 19.1. The summed E-state index contributed by atoms with van der Waals surface area (Å²) in [6, 6.07) is 108. The highest BCUT2D eigenvalue weighted by molar-refractivity contribution is 7.00. The third-order valence-corrected chi connectivity index (χ3v) is 28.9. The van der Waals surface area contributed by atoms with Gasteiger partial charge < -0.3 is 19.1 Å². The van der Waals surface area contributed by atoms with E-state index >= 15 is 0 Å². The minimum Gasteiger partial charge on any atom is -0.534 e. The second-order valence-corrected chi connectivity index (χ2v) is 35.4. The molecule has 0 saturated heterocycles. The molecular formula is C88H76N2O4Si2. The molecule has 6 nitrogen and oxygen atoms in total. The van der Waals surface area contributed by atoms with Crippen LogP contribution in [0.1, 0.15) is 75.9 Å². The van der Waals surface area contributed by atoms with Crippen molar-refractivity contribution in [2.75, 3.05) is 0 Å². The van der Waals surface area contributed by atoms with Gasteiger partial charge in [-0.25, -0.2) is 0 Å². The topological polar surface area (TPSA) is 83.6 Å². The molecule has 0 aliphatic rings. The first-order chi connectivity index (χ1) is 46.7. The van der Waals surface area contributed by atoms with Gasteiger partial charge in [0.15, 0.2) is 0 Å². The van der Waals surface area contributed by atoms with Gasteiger partial charge in [0.25, 0.3) is 0 Å². The summed E-state index contributed by atoms with van der Waals surface area (Å²) in [5.41, 5.74) is 5.82. The molecule has 2 N–H and O–H groups in total. The number of hydrogen-bond donors (Lipinski definition) is 2. The number of phenolic OH excluding ortho intramolecular Hbond substituents is 2. The smallest absolute Gasteiger partial charge is 0.319 e. The molecule has 0 amide bonds. The van der Waals surface area contributed by atoms with E-state index in [-0.39, 0.29) is 21.6 Å². The van der Waals surface area contributed by atoms with E-state index in [4.69, 9.17) is 18.8 Å². The van der Waals surface area contributed by atoms with E-state index in [1.807, 2.05) is 85.2 Å². The SMILES string of the molecule is CC(C)(C)[Si](Oc1ccc2ccccc2c1-c1c(O)c(C=NC(c2ccccc2)C(N=Cc2cc3ccccc3c(-c3c(O[Si](c4ccccc4)(c4ccccc4)C(C)(C)C)ccc4ccccc34)c2O)c2ccccc2)cc2ccccc12)(c1ccccc1)c1ccccc1. The first kappa shape index (κ1) is 62.5. The number of nitrogens with zero attached hydrogens (tertiary/aromatic N) is 2. The minimum atomic E-state index is -3.22. The molecule has 96 heavy (non-hydrogen) atoms. The molecule has 14 rings (SSSR count). The molecule has 0 radical (unpaired) electrons. The van der Waals surface area contributed by atoms with Crippen molar-refractivity contribution in [3.63, 3.8) is 0 Å². The molecule has 0 aromatic heterocycles. The number of aliphatic imine (C=N–C) groups is 2. The summed E-state index contributed by atoms with van der Waals surface area (Å²) < 4.78 is 16.0. The lowest BCUT2D eigenvalue weighted by atomic mass is 9.90. The van der Waals surface area contributed by atoms with Crippen molar-refractivity contribution in [1.82, 2.24) is 0 Å². The Bertz CT molecular complexity index is 4760. The standard InChI is InChI=1S/C88H76N2O4Si2/c1-87(2,3)95(69-41-17-9-18-42-69,70-43-19-10-20-44-70)93-77-55-53-61-33-25-29-49-73(61)79(77)81-75-51-31-27-39-65(75)57-67(85(81)91)59-89-83(63-35-13-7-14-36-63)84(64-37-15-8-16-38-64)90-60-68-58-66-40-28-32-52-76(66)82(86(68)92)80-74-50-30-26-34-62(74)54-56-78(80)94-96(88(4,5)6,71-45-21-11-22-46-71)72-47-23-12-24-48-72/h7-60,83-84,91-92H,1-6H3. The van der Waals surface area contributed by atoms with Crippen molar-refractivity contribution in [3.8, 4) is 45.3 Å². The number of rotatable bonds is 17. The molecule has 470 valence electrons. The molecule has 0 saturated carbocycles. The first-order valence-electron chi connectivity index (χ1n) is 33.0. The van der Waals surface area contributed by atoms with Crippen molar-refractivity contribution in [3.05, 3.63) is 338 Å². The lowest BCUT2D eigenvalue weighted by molar-refractivity contribution is 0.475. The van der Waals surface area contributed by atoms with Gasteiger partial charge in [-0.1, -0.05) is 333 Å². The van der Waals surface area contributed by atoms with Gasteiger partial charge >= 0.3 is 16.6 Å². The first-order valence-corrected chi connectivity index (χ1v) is 36.9. The predicted molar refractivity (Wildman–Crippen MR) is 407 cm³/mol. The molecule has 0 heterocycles. The zero-order valence-electron chi connectivity index (χ0n) is 54.9. The van der Waals surface area contributed by atoms with Crippen LogP contribution in [0.3, 0.4) is 0 Å². The van der Waals surface area contributed by atoms with Crippen molar-refractivity contribution in [2.45, 2.75) is 63.7 Å². The van der Waals surface area contributed by atoms with Crippen LogP contribution in [0.2, 0.25) is 10.1 Å². The van der Waals surface area contributed by atoms with Gasteiger partial charge in [-0.15, -0.1) is 0 Å². The van der Waals surface area contributed by atoms with Crippen LogP contribution in [-0.4, -0.2) is 39.3 Å². The van der Waals surface area contributed by atoms with Gasteiger partial charge in [0.05, 0.1) is 0 Å². The minimum absolute atomic E-state index is 0.0769. The van der Waals surface area contributed by atoms with E-state index in [1.165, 1.54) is 0 Å². The predicted octanol–water partition coefficient (Wildman–Crippen LogP) is 19.9. The van der Waals surface area contributed by atoms with Crippen LogP contribution in [0.15, 0.2) is 325 Å². The second-order valence-electron chi connectivity index (χ2n) is 26.9. The van der Waals surface area contributed by atoms with Crippen molar-refractivity contribution < 1.29 is 19.1 Å². The molecule has 14 aromatic rings. The fourth-order valence-electron chi connectivity index (χ4n) is 14.6. The van der Waals surface area contributed by atoms with Gasteiger partial charge in [-0.05, 0) is 109 Å². The van der Waals surface area contributed by atoms with E-state index < -0.39 is 28.7 Å². The van der Waals surface area contributed by atoms with Crippen LogP contribution in [-0.2, 0) is 0 Å². The number of aromatic hydroxyl groups is 2. The molecule has 8 heteroatoms.